The van der Waals surface area contributed by atoms with Crippen molar-refractivity contribution in [3.8, 4) is 11.8 Å². The maximum Gasteiger partial charge on any atom is 0.208 e. The Hall–Kier alpha value is -1.58. The quantitative estimate of drug-likeness (QED) is 0.922. The summed E-state index contributed by atoms with van der Waals surface area (Å²) in [5, 5.41) is 8.82. The third-order valence-corrected chi connectivity index (χ3v) is 5.07. The zero-order valence-electron chi connectivity index (χ0n) is 13.5. The van der Waals surface area contributed by atoms with Gasteiger partial charge in [0.25, 0.3) is 0 Å². The zero-order chi connectivity index (χ0) is 16.8. The van der Waals surface area contributed by atoms with Crippen molar-refractivity contribution in [3.63, 3.8) is 0 Å². The lowest BCUT2D eigenvalue weighted by Gasteiger charge is -2.62. The molecule has 0 saturated heterocycles. The van der Waals surface area contributed by atoms with Crippen LogP contribution in [0.25, 0.3) is 0 Å². The highest BCUT2D eigenvalue weighted by Crippen LogP contribution is 2.55. The van der Waals surface area contributed by atoms with Crippen molar-refractivity contribution < 1.29 is 13.2 Å². The van der Waals surface area contributed by atoms with Crippen LogP contribution in [0.2, 0.25) is 0 Å². The number of nitriles is 1. The van der Waals surface area contributed by atoms with E-state index in [-0.39, 0.29) is 23.0 Å². The first-order chi connectivity index (χ1) is 9.98. The second kappa shape index (κ2) is 5.25. The van der Waals surface area contributed by atoms with Crippen molar-refractivity contribution in [1.29, 1.82) is 5.26 Å². The molecule has 22 heavy (non-hydrogen) atoms. The van der Waals surface area contributed by atoms with Gasteiger partial charge in [-0.05, 0) is 24.3 Å². The minimum absolute atomic E-state index is 0.132. The fraction of sp³-hybridized carbons (Fsp3) is 0.562. The Morgan fingerprint density at radius 2 is 1.64 bits per heavy atom. The number of hydrogen-bond donors (Lipinski definition) is 1. The number of ether oxygens (including phenoxy) is 1. The van der Waals surface area contributed by atoms with Crippen LogP contribution >= 0.6 is 0 Å². The van der Waals surface area contributed by atoms with Gasteiger partial charge in [0.05, 0.1) is 17.9 Å². The van der Waals surface area contributed by atoms with Gasteiger partial charge in [0.1, 0.15) is 11.9 Å². The van der Waals surface area contributed by atoms with Crippen LogP contribution in [0, 0.1) is 22.2 Å². The Balaban J connectivity index is 2.20. The van der Waals surface area contributed by atoms with Gasteiger partial charge in [0, 0.05) is 16.9 Å². The summed E-state index contributed by atoms with van der Waals surface area (Å²) in [4.78, 5) is 0. The van der Waals surface area contributed by atoms with Gasteiger partial charge in [-0.3, -0.25) is 0 Å². The molecule has 1 aliphatic carbocycles. The van der Waals surface area contributed by atoms with Crippen LogP contribution in [0.1, 0.15) is 33.3 Å². The molecule has 0 heterocycles. The summed E-state index contributed by atoms with van der Waals surface area (Å²) in [6.07, 6.45) is 1.04. The largest absolute Gasteiger partial charge is 0.489 e. The summed E-state index contributed by atoms with van der Waals surface area (Å²) < 4.78 is 31.9. The van der Waals surface area contributed by atoms with E-state index in [1.165, 1.54) is 6.26 Å². The third-order valence-electron chi connectivity index (χ3n) is 4.41. The molecule has 120 valence electrons. The molecule has 0 atom stereocenters. The predicted molar refractivity (Wildman–Crippen MR) is 84.9 cm³/mol. The van der Waals surface area contributed by atoms with Crippen LogP contribution in [0.4, 0.5) is 0 Å². The van der Waals surface area contributed by atoms with E-state index in [0.717, 1.165) is 0 Å². The first-order valence-corrected chi connectivity index (χ1v) is 9.02. The number of rotatable bonds is 4. The van der Waals surface area contributed by atoms with Crippen LogP contribution < -0.4 is 9.46 Å². The van der Waals surface area contributed by atoms with Gasteiger partial charge in [-0.15, -0.1) is 0 Å². The fourth-order valence-electron chi connectivity index (χ4n) is 3.69. The molecule has 5 nitrogen and oxygen atoms in total. The summed E-state index contributed by atoms with van der Waals surface area (Å²) in [7, 11) is -3.27. The smallest absolute Gasteiger partial charge is 0.208 e. The summed E-state index contributed by atoms with van der Waals surface area (Å²) in [5.74, 6) is 0.683. The summed E-state index contributed by atoms with van der Waals surface area (Å²) in [5.41, 5.74) is -0.0860. The number of hydrogen-bond acceptors (Lipinski definition) is 4. The first-order valence-electron chi connectivity index (χ1n) is 7.12. The van der Waals surface area contributed by atoms with Crippen LogP contribution in [0.3, 0.4) is 0 Å². The van der Waals surface area contributed by atoms with Crippen molar-refractivity contribution >= 4 is 10.0 Å². The molecule has 1 aromatic carbocycles. The monoisotopic (exact) mass is 322 g/mol. The first kappa shape index (κ1) is 16.8. The second-order valence-corrected chi connectivity index (χ2v) is 8.88. The number of sulfonamides is 1. The number of nitrogens with one attached hydrogen (secondary N) is 1. The summed E-state index contributed by atoms with van der Waals surface area (Å²) in [6, 6.07) is 8.82. The number of nitrogens with zero attached hydrogens (tertiary/aromatic N) is 1. The van der Waals surface area contributed by atoms with E-state index in [0.29, 0.717) is 11.3 Å². The lowest BCUT2D eigenvalue weighted by Crippen LogP contribution is -2.74. The van der Waals surface area contributed by atoms with Gasteiger partial charge in [0.2, 0.25) is 10.0 Å². The Morgan fingerprint density at radius 3 is 2.05 bits per heavy atom. The van der Waals surface area contributed by atoms with Crippen molar-refractivity contribution in [2.24, 2.45) is 10.8 Å². The third kappa shape index (κ3) is 2.96. The molecular formula is C16H22N2O3S. The molecule has 1 saturated carbocycles. The maximum atomic E-state index is 11.6. The lowest BCUT2D eigenvalue weighted by atomic mass is 9.50. The fourth-order valence-corrected chi connectivity index (χ4v) is 4.73. The van der Waals surface area contributed by atoms with Crippen LogP contribution in [-0.2, 0) is 10.0 Å². The molecule has 1 N–H and O–H groups in total. The topological polar surface area (TPSA) is 79.2 Å². The van der Waals surface area contributed by atoms with E-state index >= 15 is 0 Å². The number of benzene rings is 1. The van der Waals surface area contributed by atoms with Crippen LogP contribution in [-0.4, -0.2) is 26.8 Å². The summed E-state index contributed by atoms with van der Waals surface area (Å²) in [6.45, 7) is 7.98. The molecule has 0 amide bonds. The van der Waals surface area contributed by atoms with Crippen molar-refractivity contribution in [1.82, 2.24) is 4.72 Å². The highest BCUT2D eigenvalue weighted by atomic mass is 32.2. The van der Waals surface area contributed by atoms with Gasteiger partial charge >= 0.3 is 0 Å². The minimum Gasteiger partial charge on any atom is -0.489 e. The molecule has 0 radical (unpaired) electrons. The van der Waals surface area contributed by atoms with Gasteiger partial charge in [-0.25, -0.2) is 13.1 Å². The highest BCUT2D eigenvalue weighted by Gasteiger charge is 2.64. The average Bonchev–Trinajstić information content (AvgIpc) is 2.41. The Bertz CT molecular complexity index is 684. The molecule has 2 rings (SSSR count). The Labute approximate surface area is 132 Å². The molecule has 1 fully saturated rings. The van der Waals surface area contributed by atoms with E-state index in [2.05, 4.69) is 10.8 Å². The van der Waals surface area contributed by atoms with Gasteiger partial charge in [-0.2, -0.15) is 5.26 Å². The molecule has 0 aliphatic heterocycles. The van der Waals surface area contributed by atoms with Gasteiger partial charge < -0.3 is 4.74 Å². The molecule has 0 bridgehead atoms. The van der Waals surface area contributed by atoms with E-state index < -0.39 is 10.0 Å². The van der Waals surface area contributed by atoms with E-state index in [9.17, 15) is 8.42 Å². The van der Waals surface area contributed by atoms with Crippen molar-refractivity contribution in [3.05, 3.63) is 29.8 Å². The SMILES string of the molecule is CC1(C)C(NS(C)(=O)=O)C(C)(C)C1Oc1ccc(C#N)cc1. The molecule has 6 heteroatoms. The Morgan fingerprint density at radius 1 is 1.14 bits per heavy atom. The average molecular weight is 322 g/mol. The van der Waals surface area contributed by atoms with Crippen molar-refractivity contribution in [2.45, 2.75) is 39.8 Å². The van der Waals surface area contributed by atoms with Crippen molar-refractivity contribution in [2.75, 3.05) is 6.26 Å². The molecule has 1 aromatic rings. The lowest BCUT2D eigenvalue weighted by molar-refractivity contribution is -0.161. The van der Waals surface area contributed by atoms with Crippen LogP contribution in [0.15, 0.2) is 24.3 Å². The minimum atomic E-state index is -3.27. The zero-order valence-corrected chi connectivity index (χ0v) is 14.4. The molecule has 0 aromatic heterocycles. The highest BCUT2D eigenvalue weighted by molar-refractivity contribution is 7.88. The summed E-state index contributed by atoms with van der Waals surface area (Å²) >= 11 is 0. The normalized spacial score (nSPS) is 25.8. The predicted octanol–water partition coefficient (Wildman–Crippen LogP) is 2.29. The molecular weight excluding hydrogens is 300 g/mol. The van der Waals surface area contributed by atoms with E-state index in [1.807, 2.05) is 27.7 Å². The van der Waals surface area contributed by atoms with E-state index in [1.54, 1.807) is 24.3 Å². The molecule has 0 spiro atoms. The standard InChI is InChI=1S/C16H22N2O3S/c1-15(2)13(18-22(5,19)20)16(3,4)14(15)21-12-8-6-11(10-17)7-9-12/h6-9,13-14,18H,1-5H3. The van der Waals surface area contributed by atoms with Gasteiger partial charge in [-0.1, -0.05) is 27.7 Å². The Kier molecular flexibility index (Phi) is 4.01. The van der Waals surface area contributed by atoms with Gasteiger partial charge in [0.15, 0.2) is 0 Å². The molecule has 1 aliphatic rings. The van der Waals surface area contributed by atoms with E-state index in [4.69, 9.17) is 10.00 Å². The molecule has 0 unspecified atom stereocenters. The maximum absolute atomic E-state index is 11.6. The second-order valence-electron chi connectivity index (χ2n) is 7.10. The van der Waals surface area contributed by atoms with Crippen LogP contribution in [0.5, 0.6) is 5.75 Å².